The van der Waals surface area contributed by atoms with E-state index < -0.39 is 0 Å². The van der Waals surface area contributed by atoms with Crippen LogP contribution >= 0.6 is 38.9 Å². The van der Waals surface area contributed by atoms with Crippen LogP contribution in [0.2, 0.25) is 5.02 Å². The van der Waals surface area contributed by atoms with Gasteiger partial charge in [0.05, 0.1) is 26.7 Å². The third kappa shape index (κ3) is 2.57. The highest BCUT2D eigenvalue weighted by Crippen LogP contribution is 2.32. The van der Waals surface area contributed by atoms with Crippen molar-refractivity contribution in [3.8, 4) is 0 Å². The monoisotopic (exact) mass is 333 g/mol. The molecule has 0 aliphatic rings. The lowest BCUT2D eigenvalue weighted by molar-refractivity contribution is 0.499. The van der Waals surface area contributed by atoms with Crippen LogP contribution < -0.4 is 5.73 Å². The Morgan fingerprint density at radius 3 is 2.76 bits per heavy atom. The molecule has 0 spiro atoms. The van der Waals surface area contributed by atoms with E-state index in [4.69, 9.17) is 17.3 Å². The largest absolute Gasteiger partial charge is 0.319 e. The lowest BCUT2D eigenvalue weighted by Crippen LogP contribution is -2.18. The first kappa shape index (κ1) is 13.1. The van der Waals surface area contributed by atoms with E-state index in [1.54, 1.807) is 17.5 Å². The van der Waals surface area contributed by atoms with E-state index in [1.807, 2.05) is 16.1 Å². The Kier molecular flexibility index (Phi) is 3.92. The summed E-state index contributed by atoms with van der Waals surface area (Å²) in [4.78, 5) is 0. The Bertz CT molecular complexity index is 521. The molecule has 2 heterocycles. The van der Waals surface area contributed by atoms with Crippen molar-refractivity contribution in [2.24, 2.45) is 5.73 Å². The molecule has 0 saturated carbocycles. The Balaban J connectivity index is 2.43. The van der Waals surface area contributed by atoms with Gasteiger partial charge in [0.25, 0.3) is 0 Å². The molecule has 2 aromatic heterocycles. The average molecular weight is 335 g/mol. The van der Waals surface area contributed by atoms with Gasteiger partial charge >= 0.3 is 0 Å². The van der Waals surface area contributed by atoms with Crippen LogP contribution in [0.3, 0.4) is 0 Å². The summed E-state index contributed by atoms with van der Waals surface area (Å²) in [5.74, 6) is 0. The lowest BCUT2D eigenvalue weighted by Gasteiger charge is -2.16. The van der Waals surface area contributed by atoms with Crippen LogP contribution in [-0.4, -0.2) is 9.78 Å². The molecule has 0 fully saturated rings. The van der Waals surface area contributed by atoms with Crippen LogP contribution in [0.25, 0.3) is 0 Å². The maximum absolute atomic E-state index is 6.25. The topological polar surface area (TPSA) is 43.8 Å². The van der Waals surface area contributed by atoms with Gasteiger partial charge in [-0.05, 0) is 46.8 Å². The molecule has 0 aliphatic heterocycles. The van der Waals surface area contributed by atoms with Crippen molar-refractivity contribution in [3.05, 3.63) is 37.7 Å². The quantitative estimate of drug-likeness (QED) is 0.922. The number of aromatic nitrogens is 2. The maximum atomic E-state index is 6.25. The Labute approximate surface area is 118 Å². The van der Waals surface area contributed by atoms with Crippen LogP contribution in [0.4, 0.5) is 0 Å². The smallest absolute Gasteiger partial charge is 0.0837 e. The van der Waals surface area contributed by atoms with Crippen LogP contribution in [0.1, 0.15) is 37.2 Å². The van der Waals surface area contributed by atoms with Gasteiger partial charge in [-0.2, -0.15) is 5.10 Å². The van der Waals surface area contributed by atoms with Crippen molar-refractivity contribution in [2.45, 2.75) is 25.9 Å². The highest BCUT2D eigenvalue weighted by atomic mass is 79.9. The number of nitrogens with zero attached hydrogens (tertiary/aromatic N) is 2. The summed E-state index contributed by atoms with van der Waals surface area (Å²) in [6, 6.07) is 2.02. The van der Waals surface area contributed by atoms with Gasteiger partial charge in [-0.15, -0.1) is 11.3 Å². The fourth-order valence-electron chi connectivity index (χ4n) is 1.70. The van der Waals surface area contributed by atoms with Crippen LogP contribution in [-0.2, 0) is 0 Å². The zero-order valence-electron chi connectivity index (χ0n) is 9.52. The molecule has 0 radical (unpaired) electrons. The van der Waals surface area contributed by atoms with Gasteiger partial charge in [-0.25, -0.2) is 0 Å². The molecular formula is C11H13BrClN3S. The summed E-state index contributed by atoms with van der Waals surface area (Å²) in [5.41, 5.74) is 8.17. The average Bonchev–Trinajstić information content (AvgIpc) is 2.83. The summed E-state index contributed by atoms with van der Waals surface area (Å²) in [7, 11) is 0. The van der Waals surface area contributed by atoms with Gasteiger partial charge in [0.1, 0.15) is 0 Å². The van der Waals surface area contributed by atoms with Gasteiger partial charge < -0.3 is 5.73 Å². The Morgan fingerprint density at radius 1 is 1.53 bits per heavy atom. The third-order valence-corrected chi connectivity index (χ3v) is 4.33. The summed E-state index contributed by atoms with van der Waals surface area (Å²) in [6.07, 6.45) is 1.65. The molecule has 6 heteroatoms. The van der Waals surface area contributed by atoms with E-state index in [2.05, 4.69) is 34.9 Å². The number of halogens is 2. The van der Waals surface area contributed by atoms with E-state index in [9.17, 15) is 0 Å². The van der Waals surface area contributed by atoms with Gasteiger partial charge in [-0.3, -0.25) is 4.68 Å². The molecule has 3 nitrogen and oxygen atoms in total. The zero-order chi connectivity index (χ0) is 12.6. The number of nitrogens with two attached hydrogens (primary N) is 1. The molecule has 17 heavy (non-hydrogen) atoms. The molecule has 0 aromatic carbocycles. The maximum Gasteiger partial charge on any atom is 0.0837 e. The molecule has 1 unspecified atom stereocenters. The standard InChI is InChI=1S/C11H13BrClN3S/c1-6(2)16-11(8(13)4-15-16)10(14)7-3-9(12)17-5-7/h3-6,10H,14H2,1-2H3. The second kappa shape index (κ2) is 5.10. The number of hydrogen-bond donors (Lipinski definition) is 1. The van der Waals surface area contributed by atoms with E-state index in [0.717, 1.165) is 15.0 Å². The normalized spacial score (nSPS) is 13.3. The first-order chi connectivity index (χ1) is 8.00. The molecule has 2 N–H and O–H groups in total. The highest BCUT2D eigenvalue weighted by Gasteiger charge is 2.20. The van der Waals surface area contributed by atoms with Crippen LogP contribution in [0, 0.1) is 0 Å². The molecular weight excluding hydrogens is 322 g/mol. The molecule has 0 bridgehead atoms. The molecule has 0 saturated heterocycles. The fourth-order valence-corrected chi connectivity index (χ4v) is 3.16. The predicted molar refractivity (Wildman–Crippen MR) is 75.7 cm³/mol. The number of thiophene rings is 1. The second-order valence-corrected chi connectivity index (χ2v) is 6.78. The SMILES string of the molecule is CC(C)n1ncc(Cl)c1C(N)c1csc(Br)c1. The Hall–Kier alpha value is -0.360. The molecule has 0 aliphatic carbocycles. The lowest BCUT2D eigenvalue weighted by atomic mass is 10.1. The summed E-state index contributed by atoms with van der Waals surface area (Å²) < 4.78 is 2.94. The van der Waals surface area contributed by atoms with Crippen molar-refractivity contribution >= 4 is 38.9 Å². The van der Waals surface area contributed by atoms with Crippen molar-refractivity contribution in [1.29, 1.82) is 0 Å². The molecule has 1 atom stereocenters. The van der Waals surface area contributed by atoms with E-state index in [-0.39, 0.29) is 12.1 Å². The second-order valence-electron chi connectivity index (χ2n) is 4.08. The highest BCUT2D eigenvalue weighted by molar-refractivity contribution is 9.11. The van der Waals surface area contributed by atoms with Crippen molar-refractivity contribution in [2.75, 3.05) is 0 Å². The van der Waals surface area contributed by atoms with Crippen molar-refractivity contribution < 1.29 is 0 Å². The minimum atomic E-state index is -0.241. The van der Waals surface area contributed by atoms with Crippen molar-refractivity contribution in [3.63, 3.8) is 0 Å². The summed E-state index contributed by atoms with van der Waals surface area (Å²) in [5, 5.41) is 6.91. The minimum absolute atomic E-state index is 0.241. The molecule has 2 rings (SSSR count). The van der Waals surface area contributed by atoms with Crippen LogP contribution in [0.5, 0.6) is 0 Å². The number of hydrogen-bond acceptors (Lipinski definition) is 3. The first-order valence-electron chi connectivity index (χ1n) is 5.23. The predicted octanol–water partition coefficient (Wildman–Crippen LogP) is 3.99. The van der Waals surface area contributed by atoms with E-state index in [0.29, 0.717) is 5.02 Å². The molecule has 0 amide bonds. The first-order valence-corrected chi connectivity index (χ1v) is 7.28. The fraction of sp³-hybridized carbons (Fsp3) is 0.364. The number of rotatable bonds is 3. The zero-order valence-corrected chi connectivity index (χ0v) is 12.7. The van der Waals surface area contributed by atoms with Gasteiger partial charge in [0, 0.05) is 6.04 Å². The summed E-state index contributed by atoms with van der Waals surface area (Å²) >= 11 is 11.2. The summed E-state index contributed by atoms with van der Waals surface area (Å²) in [6.45, 7) is 4.12. The molecule has 92 valence electrons. The van der Waals surface area contributed by atoms with Crippen molar-refractivity contribution in [1.82, 2.24) is 9.78 Å². The molecule has 2 aromatic rings. The van der Waals surface area contributed by atoms with Crippen LogP contribution in [0.15, 0.2) is 21.4 Å². The Morgan fingerprint density at radius 2 is 2.24 bits per heavy atom. The van der Waals surface area contributed by atoms with Gasteiger partial charge in [0.15, 0.2) is 0 Å². The minimum Gasteiger partial charge on any atom is -0.319 e. The van der Waals surface area contributed by atoms with E-state index in [1.165, 1.54) is 0 Å². The van der Waals surface area contributed by atoms with Gasteiger partial charge in [0.2, 0.25) is 0 Å². The van der Waals surface area contributed by atoms with Gasteiger partial charge in [-0.1, -0.05) is 11.6 Å². The third-order valence-electron chi connectivity index (χ3n) is 2.52. The van der Waals surface area contributed by atoms with E-state index >= 15 is 0 Å².